The minimum atomic E-state index is -0.176. The van der Waals surface area contributed by atoms with Gasteiger partial charge in [-0.15, -0.1) is 0 Å². The van der Waals surface area contributed by atoms with Crippen molar-refractivity contribution in [3.05, 3.63) is 63.6 Å². The average Bonchev–Trinajstić information content (AvgIpc) is 2.49. The lowest BCUT2D eigenvalue weighted by Crippen LogP contribution is -2.08. The number of ether oxygens (including phenoxy) is 1. The molecule has 0 heterocycles. The quantitative estimate of drug-likeness (QED) is 0.801. The summed E-state index contributed by atoms with van der Waals surface area (Å²) in [4.78, 5) is 12.0. The number of aryl methyl sites for hydroxylation is 2. The molecule has 0 aromatic heterocycles. The first-order valence-corrected chi connectivity index (χ1v) is 7.69. The van der Waals surface area contributed by atoms with Crippen LogP contribution in [0.15, 0.2) is 46.9 Å². The van der Waals surface area contributed by atoms with Gasteiger partial charge in [0.25, 0.3) is 0 Å². The minimum Gasteiger partial charge on any atom is -0.496 e. The molecule has 0 fully saturated rings. The van der Waals surface area contributed by atoms with Gasteiger partial charge in [-0.2, -0.15) is 0 Å². The van der Waals surface area contributed by atoms with Crippen LogP contribution in [-0.2, 0) is 4.79 Å². The highest BCUT2D eigenvalue weighted by Gasteiger charge is 2.03. The predicted molar refractivity (Wildman–Crippen MR) is 94.3 cm³/mol. The summed E-state index contributed by atoms with van der Waals surface area (Å²) in [7, 11) is 1.61. The molecule has 0 unspecified atom stereocenters. The molecule has 2 rings (SSSR count). The molecule has 0 saturated carbocycles. The SMILES string of the molecule is COc1ccc(Br)cc1C=CC(=O)Nc1ccc(C)c(C)c1. The van der Waals surface area contributed by atoms with E-state index in [4.69, 9.17) is 4.74 Å². The molecule has 2 aromatic rings. The minimum absolute atomic E-state index is 0.176. The van der Waals surface area contributed by atoms with Crippen molar-refractivity contribution in [2.75, 3.05) is 12.4 Å². The monoisotopic (exact) mass is 359 g/mol. The zero-order chi connectivity index (χ0) is 16.1. The highest BCUT2D eigenvalue weighted by Crippen LogP contribution is 2.24. The molecule has 4 heteroatoms. The van der Waals surface area contributed by atoms with Gasteiger partial charge >= 0.3 is 0 Å². The fraction of sp³-hybridized carbons (Fsp3) is 0.167. The number of anilines is 1. The van der Waals surface area contributed by atoms with E-state index in [0.717, 1.165) is 27.0 Å². The van der Waals surface area contributed by atoms with Crippen molar-refractivity contribution in [2.45, 2.75) is 13.8 Å². The third-order valence-corrected chi connectivity index (χ3v) is 3.87. The van der Waals surface area contributed by atoms with Gasteiger partial charge in [0.2, 0.25) is 5.91 Å². The van der Waals surface area contributed by atoms with Crippen LogP contribution in [0.4, 0.5) is 5.69 Å². The molecule has 0 radical (unpaired) electrons. The summed E-state index contributed by atoms with van der Waals surface area (Å²) in [6.45, 7) is 4.06. The van der Waals surface area contributed by atoms with Crippen LogP contribution in [0, 0.1) is 13.8 Å². The van der Waals surface area contributed by atoms with Gasteiger partial charge < -0.3 is 10.1 Å². The molecular formula is C18H18BrNO2. The van der Waals surface area contributed by atoms with E-state index >= 15 is 0 Å². The topological polar surface area (TPSA) is 38.3 Å². The van der Waals surface area contributed by atoms with Crippen molar-refractivity contribution < 1.29 is 9.53 Å². The maximum absolute atomic E-state index is 12.0. The van der Waals surface area contributed by atoms with E-state index in [1.54, 1.807) is 13.2 Å². The maximum Gasteiger partial charge on any atom is 0.248 e. The number of benzene rings is 2. The van der Waals surface area contributed by atoms with Crippen LogP contribution in [0.25, 0.3) is 6.08 Å². The highest BCUT2D eigenvalue weighted by atomic mass is 79.9. The van der Waals surface area contributed by atoms with E-state index in [-0.39, 0.29) is 5.91 Å². The number of methoxy groups -OCH3 is 1. The number of rotatable bonds is 4. The third-order valence-electron chi connectivity index (χ3n) is 3.38. The summed E-state index contributed by atoms with van der Waals surface area (Å²) in [5.74, 6) is 0.545. The Morgan fingerprint density at radius 1 is 1.14 bits per heavy atom. The van der Waals surface area contributed by atoms with Gasteiger partial charge in [-0.1, -0.05) is 22.0 Å². The van der Waals surface area contributed by atoms with Gasteiger partial charge in [0.15, 0.2) is 0 Å². The lowest BCUT2D eigenvalue weighted by molar-refractivity contribution is -0.111. The second kappa shape index (κ2) is 7.27. The Morgan fingerprint density at radius 3 is 2.59 bits per heavy atom. The van der Waals surface area contributed by atoms with Crippen LogP contribution < -0.4 is 10.1 Å². The van der Waals surface area contributed by atoms with E-state index in [2.05, 4.69) is 21.2 Å². The number of carbonyl (C=O) groups excluding carboxylic acids is 1. The van der Waals surface area contributed by atoms with Gasteiger partial charge in [-0.05, 0) is 61.4 Å². The predicted octanol–water partition coefficient (Wildman–Crippen LogP) is 4.73. The summed E-state index contributed by atoms with van der Waals surface area (Å²) < 4.78 is 6.21. The van der Waals surface area contributed by atoms with Crippen LogP contribution in [0.3, 0.4) is 0 Å². The number of nitrogens with one attached hydrogen (secondary N) is 1. The van der Waals surface area contributed by atoms with Gasteiger partial charge in [-0.25, -0.2) is 0 Å². The molecule has 22 heavy (non-hydrogen) atoms. The first-order valence-electron chi connectivity index (χ1n) is 6.89. The molecule has 0 spiro atoms. The van der Waals surface area contributed by atoms with Crippen molar-refractivity contribution in [3.8, 4) is 5.75 Å². The molecule has 0 aliphatic rings. The normalized spacial score (nSPS) is 10.7. The molecular weight excluding hydrogens is 342 g/mol. The van der Waals surface area contributed by atoms with Crippen LogP contribution in [0.2, 0.25) is 0 Å². The summed E-state index contributed by atoms with van der Waals surface area (Å²) in [5, 5.41) is 2.85. The van der Waals surface area contributed by atoms with Gasteiger partial charge in [0.1, 0.15) is 5.75 Å². The highest BCUT2D eigenvalue weighted by molar-refractivity contribution is 9.10. The van der Waals surface area contributed by atoms with E-state index in [1.807, 2.05) is 50.2 Å². The standard InChI is InChI=1S/C18H18BrNO2/c1-12-4-7-16(10-13(12)2)20-18(21)9-5-14-11-15(19)6-8-17(14)22-3/h4-11H,1-3H3,(H,20,21). The Labute approximate surface area is 139 Å². The number of amides is 1. The Balaban J connectivity index is 2.11. The van der Waals surface area contributed by atoms with Crippen molar-refractivity contribution in [1.82, 2.24) is 0 Å². The van der Waals surface area contributed by atoms with E-state index in [1.165, 1.54) is 11.6 Å². The Hall–Kier alpha value is -2.07. The summed E-state index contributed by atoms with van der Waals surface area (Å²) >= 11 is 3.41. The fourth-order valence-electron chi connectivity index (χ4n) is 2.00. The molecule has 2 aromatic carbocycles. The summed E-state index contributed by atoms with van der Waals surface area (Å²) in [5.41, 5.74) is 3.98. The molecule has 1 amide bonds. The molecule has 3 nitrogen and oxygen atoms in total. The first kappa shape index (κ1) is 16.3. The molecule has 0 saturated heterocycles. The van der Waals surface area contributed by atoms with E-state index < -0.39 is 0 Å². The van der Waals surface area contributed by atoms with Gasteiger partial charge in [-0.3, -0.25) is 4.79 Å². The molecule has 1 N–H and O–H groups in total. The lowest BCUT2D eigenvalue weighted by atomic mass is 10.1. The van der Waals surface area contributed by atoms with Crippen LogP contribution in [-0.4, -0.2) is 13.0 Å². The maximum atomic E-state index is 12.0. The summed E-state index contributed by atoms with van der Waals surface area (Å²) in [6.07, 6.45) is 3.24. The van der Waals surface area contributed by atoms with E-state index in [0.29, 0.717) is 0 Å². The Bertz CT molecular complexity index is 723. The van der Waals surface area contributed by atoms with Crippen molar-refractivity contribution in [1.29, 1.82) is 0 Å². The largest absolute Gasteiger partial charge is 0.496 e. The molecule has 0 aliphatic carbocycles. The van der Waals surface area contributed by atoms with Gasteiger partial charge in [0.05, 0.1) is 7.11 Å². The zero-order valence-electron chi connectivity index (χ0n) is 12.8. The van der Waals surface area contributed by atoms with Crippen LogP contribution >= 0.6 is 15.9 Å². The Kier molecular flexibility index (Phi) is 5.39. The number of hydrogen-bond donors (Lipinski definition) is 1. The first-order chi connectivity index (χ1) is 10.5. The van der Waals surface area contributed by atoms with Gasteiger partial charge in [0, 0.05) is 21.8 Å². The zero-order valence-corrected chi connectivity index (χ0v) is 14.4. The van der Waals surface area contributed by atoms with Crippen molar-refractivity contribution >= 4 is 33.6 Å². The van der Waals surface area contributed by atoms with E-state index in [9.17, 15) is 4.79 Å². The van der Waals surface area contributed by atoms with Crippen LogP contribution in [0.1, 0.15) is 16.7 Å². The molecule has 0 bridgehead atoms. The number of carbonyl (C=O) groups is 1. The molecule has 0 atom stereocenters. The average molecular weight is 360 g/mol. The lowest BCUT2D eigenvalue weighted by Gasteiger charge is -2.06. The van der Waals surface area contributed by atoms with Crippen LogP contribution in [0.5, 0.6) is 5.75 Å². The fourth-order valence-corrected chi connectivity index (χ4v) is 2.38. The molecule has 0 aliphatic heterocycles. The third kappa shape index (κ3) is 4.21. The second-order valence-corrected chi connectivity index (χ2v) is 5.92. The van der Waals surface area contributed by atoms with Crippen molar-refractivity contribution in [3.63, 3.8) is 0 Å². The van der Waals surface area contributed by atoms with Crippen molar-refractivity contribution in [2.24, 2.45) is 0 Å². The number of halogens is 1. The summed E-state index contributed by atoms with van der Waals surface area (Å²) in [6, 6.07) is 11.5. The molecule has 114 valence electrons. The Morgan fingerprint density at radius 2 is 1.91 bits per heavy atom. The smallest absolute Gasteiger partial charge is 0.248 e. The second-order valence-electron chi connectivity index (χ2n) is 5.01. The number of hydrogen-bond acceptors (Lipinski definition) is 2.